The van der Waals surface area contributed by atoms with E-state index in [2.05, 4.69) is 0 Å². The molecular formula is C14H17NO2S. The lowest BCUT2D eigenvalue weighted by Gasteiger charge is -2.20. The summed E-state index contributed by atoms with van der Waals surface area (Å²) in [6.45, 7) is 0. The van der Waals surface area contributed by atoms with Crippen LogP contribution in [0.25, 0.3) is 10.1 Å². The Hall–Kier alpha value is -1.13. The molecule has 0 aliphatic heterocycles. The van der Waals surface area contributed by atoms with Crippen LogP contribution >= 0.6 is 11.5 Å². The summed E-state index contributed by atoms with van der Waals surface area (Å²) in [7, 11) is 0. The van der Waals surface area contributed by atoms with Gasteiger partial charge in [0.05, 0.1) is 22.2 Å². The van der Waals surface area contributed by atoms with Gasteiger partial charge in [-0.15, -0.1) is 0 Å². The molecule has 0 saturated heterocycles. The lowest BCUT2D eigenvalue weighted by Crippen LogP contribution is -2.28. The smallest absolute Gasteiger partial charge is 0.268 e. The van der Waals surface area contributed by atoms with Gasteiger partial charge in [0.25, 0.3) is 5.56 Å². The van der Waals surface area contributed by atoms with Gasteiger partial charge in [-0.05, 0) is 25.0 Å². The molecule has 4 heteroatoms. The van der Waals surface area contributed by atoms with Crippen LogP contribution < -0.4 is 5.56 Å². The molecule has 0 spiro atoms. The minimum absolute atomic E-state index is 0.0302. The van der Waals surface area contributed by atoms with Gasteiger partial charge in [-0.3, -0.25) is 8.75 Å². The Labute approximate surface area is 110 Å². The van der Waals surface area contributed by atoms with Gasteiger partial charge in [0, 0.05) is 0 Å². The fourth-order valence-corrected chi connectivity index (χ4v) is 3.92. The minimum atomic E-state index is -0.377. The number of hydrogen-bond acceptors (Lipinski definition) is 3. The second kappa shape index (κ2) is 4.86. The SMILES string of the molecule is O=c1c2ccccc2sn1C1CCCCCC1O. The number of aliphatic hydroxyl groups excluding tert-OH is 1. The average Bonchev–Trinajstić information content (AvgIpc) is 2.57. The number of benzene rings is 1. The van der Waals surface area contributed by atoms with E-state index < -0.39 is 0 Å². The van der Waals surface area contributed by atoms with Crippen molar-refractivity contribution in [1.82, 2.24) is 3.96 Å². The zero-order chi connectivity index (χ0) is 12.5. The van der Waals surface area contributed by atoms with Crippen LogP contribution in [0.2, 0.25) is 0 Å². The molecule has 1 saturated carbocycles. The molecule has 1 aliphatic carbocycles. The molecule has 2 aromatic rings. The van der Waals surface area contributed by atoms with Crippen LogP contribution in [0.5, 0.6) is 0 Å². The fraction of sp³-hybridized carbons (Fsp3) is 0.500. The summed E-state index contributed by atoms with van der Waals surface area (Å²) in [5, 5.41) is 11.0. The van der Waals surface area contributed by atoms with Crippen LogP contribution in [-0.2, 0) is 0 Å². The summed E-state index contributed by atoms with van der Waals surface area (Å²) < 4.78 is 2.81. The van der Waals surface area contributed by atoms with Crippen molar-refractivity contribution in [2.75, 3.05) is 0 Å². The van der Waals surface area contributed by atoms with E-state index in [4.69, 9.17) is 0 Å². The molecule has 2 atom stereocenters. The highest BCUT2D eigenvalue weighted by Gasteiger charge is 2.25. The number of fused-ring (bicyclic) bond motifs is 1. The predicted octanol–water partition coefficient (Wildman–Crippen LogP) is 2.93. The third kappa shape index (κ3) is 1.99. The summed E-state index contributed by atoms with van der Waals surface area (Å²) >= 11 is 1.49. The first-order chi connectivity index (χ1) is 8.77. The normalized spacial score (nSPS) is 25.2. The molecule has 3 rings (SSSR count). The van der Waals surface area contributed by atoms with Crippen LogP contribution in [0.15, 0.2) is 29.1 Å². The molecule has 1 aromatic carbocycles. The molecular weight excluding hydrogens is 246 g/mol. The van der Waals surface area contributed by atoms with Gasteiger partial charge in [0.15, 0.2) is 0 Å². The molecule has 1 aromatic heterocycles. The van der Waals surface area contributed by atoms with Crippen molar-refractivity contribution in [3.8, 4) is 0 Å². The highest BCUT2D eigenvalue weighted by atomic mass is 32.1. The van der Waals surface area contributed by atoms with Gasteiger partial charge < -0.3 is 5.11 Å². The maximum atomic E-state index is 12.3. The Morgan fingerprint density at radius 1 is 1.17 bits per heavy atom. The van der Waals surface area contributed by atoms with Gasteiger partial charge in [0.2, 0.25) is 0 Å². The number of hydrogen-bond donors (Lipinski definition) is 1. The molecule has 1 fully saturated rings. The molecule has 1 heterocycles. The highest BCUT2D eigenvalue weighted by molar-refractivity contribution is 7.13. The van der Waals surface area contributed by atoms with Crippen molar-refractivity contribution >= 4 is 21.6 Å². The second-order valence-electron chi connectivity index (χ2n) is 4.99. The Morgan fingerprint density at radius 2 is 1.94 bits per heavy atom. The van der Waals surface area contributed by atoms with Crippen LogP contribution in [0.4, 0.5) is 0 Å². The molecule has 18 heavy (non-hydrogen) atoms. The van der Waals surface area contributed by atoms with Crippen molar-refractivity contribution in [3.63, 3.8) is 0 Å². The lowest BCUT2D eigenvalue weighted by molar-refractivity contribution is 0.109. The first kappa shape index (κ1) is 11.9. The van der Waals surface area contributed by atoms with Crippen molar-refractivity contribution < 1.29 is 5.11 Å². The fourth-order valence-electron chi connectivity index (χ4n) is 2.75. The number of rotatable bonds is 1. The van der Waals surface area contributed by atoms with Crippen LogP contribution in [0.3, 0.4) is 0 Å². The topological polar surface area (TPSA) is 42.2 Å². The monoisotopic (exact) mass is 263 g/mol. The van der Waals surface area contributed by atoms with E-state index in [0.717, 1.165) is 42.2 Å². The van der Waals surface area contributed by atoms with Crippen molar-refractivity contribution in [2.45, 2.75) is 44.2 Å². The minimum Gasteiger partial charge on any atom is -0.391 e. The second-order valence-corrected chi connectivity index (χ2v) is 6.01. The lowest BCUT2D eigenvalue weighted by atomic mass is 10.1. The first-order valence-corrected chi connectivity index (χ1v) is 7.33. The third-order valence-electron chi connectivity index (χ3n) is 3.76. The van der Waals surface area contributed by atoms with Gasteiger partial charge >= 0.3 is 0 Å². The largest absolute Gasteiger partial charge is 0.391 e. The third-order valence-corrected chi connectivity index (χ3v) is 4.95. The van der Waals surface area contributed by atoms with E-state index in [0.29, 0.717) is 0 Å². The molecule has 0 radical (unpaired) electrons. The number of aliphatic hydroxyl groups is 1. The summed E-state index contributed by atoms with van der Waals surface area (Å²) in [5.74, 6) is 0. The number of aromatic nitrogens is 1. The maximum Gasteiger partial charge on any atom is 0.268 e. The van der Waals surface area contributed by atoms with Crippen LogP contribution in [0, 0.1) is 0 Å². The zero-order valence-electron chi connectivity index (χ0n) is 10.2. The Morgan fingerprint density at radius 3 is 2.78 bits per heavy atom. The van der Waals surface area contributed by atoms with Crippen molar-refractivity contribution in [1.29, 1.82) is 0 Å². The molecule has 96 valence electrons. The average molecular weight is 263 g/mol. The Balaban J connectivity index is 2.07. The van der Waals surface area contributed by atoms with E-state index in [1.165, 1.54) is 11.5 Å². The zero-order valence-corrected chi connectivity index (χ0v) is 11.0. The molecule has 0 amide bonds. The molecule has 3 nitrogen and oxygen atoms in total. The van der Waals surface area contributed by atoms with Crippen molar-refractivity contribution in [2.24, 2.45) is 0 Å². The molecule has 0 bridgehead atoms. The summed E-state index contributed by atoms with van der Waals surface area (Å²) in [4.78, 5) is 12.3. The maximum absolute atomic E-state index is 12.3. The highest BCUT2D eigenvalue weighted by Crippen LogP contribution is 2.30. The summed E-state index contributed by atoms with van der Waals surface area (Å²) in [6, 6.07) is 7.66. The standard InChI is InChI=1S/C14H17NO2S/c16-12-8-3-1-2-7-11(12)15-14(17)10-6-4-5-9-13(10)18-15/h4-6,9,11-12,16H,1-3,7-8H2. The van der Waals surface area contributed by atoms with Gasteiger partial charge in [-0.2, -0.15) is 0 Å². The van der Waals surface area contributed by atoms with E-state index in [-0.39, 0.29) is 17.7 Å². The quantitative estimate of drug-likeness (QED) is 0.804. The van der Waals surface area contributed by atoms with E-state index in [9.17, 15) is 9.90 Å². The molecule has 1 aliphatic rings. The first-order valence-electron chi connectivity index (χ1n) is 6.56. The Kier molecular flexibility index (Phi) is 3.22. The number of nitrogens with zero attached hydrogens (tertiary/aromatic N) is 1. The van der Waals surface area contributed by atoms with Crippen LogP contribution in [-0.4, -0.2) is 15.2 Å². The predicted molar refractivity (Wildman–Crippen MR) is 74.2 cm³/mol. The Bertz CT molecular complexity index is 601. The van der Waals surface area contributed by atoms with Gasteiger partial charge in [-0.25, -0.2) is 0 Å². The summed E-state index contributed by atoms with van der Waals surface area (Å²) in [5.41, 5.74) is 0.0570. The van der Waals surface area contributed by atoms with E-state index in [1.807, 2.05) is 24.3 Å². The molecule has 1 N–H and O–H groups in total. The summed E-state index contributed by atoms with van der Waals surface area (Å²) in [6.07, 6.45) is 4.67. The molecule has 2 unspecified atom stereocenters. The van der Waals surface area contributed by atoms with Crippen molar-refractivity contribution in [3.05, 3.63) is 34.6 Å². The van der Waals surface area contributed by atoms with Crippen LogP contribution in [0.1, 0.15) is 38.1 Å². The van der Waals surface area contributed by atoms with E-state index in [1.54, 1.807) is 3.96 Å². The van der Waals surface area contributed by atoms with Gasteiger partial charge in [0.1, 0.15) is 0 Å². The van der Waals surface area contributed by atoms with E-state index >= 15 is 0 Å². The van der Waals surface area contributed by atoms with Gasteiger partial charge in [-0.1, -0.05) is 42.9 Å².